The fourth-order valence-corrected chi connectivity index (χ4v) is 4.25. The van der Waals surface area contributed by atoms with Crippen molar-refractivity contribution in [2.24, 2.45) is 4.99 Å². The number of nitro benzene ring substituents is 1. The molecule has 0 atom stereocenters. The first-order valence-electron chi connectivity index (χ1n) is 8.59. The van der Waals surface area contributed by atoms with Crippen molar-refractivity contribution in [2.45, 2.75) is 6.92 Å². The highest BCUT2D eigenvalue weighted by Gasteiger charge is 2.17. The van der Waals surface area contributed by atoms with Crippen LogP contribution in [0.4, 0.5) is 11.4 Å². The number of fused-ring (bicyclic) bond motifs is 1. The van der Waals surface area contributed by atoms with Crippen molar-refractivity contribution in [3.63, 3.8) is 0 Å². The lowest BCUT2D eigenvalue weighted by molar-refractivity contribution is -0.385. The number of thiazole rings is 1. The summed E-state index contributed by atoms with van der Waals surface area (Å²) in [6, 6.07) is 16.6. The van der Waals surface area contributed by atoms with E-state index >= 15 is 0 Å². The Labute approximate surface area is 178 Å². The Hall–Kier alpha value is -3.10. The normalized spacial score (nSPS) is 11.4. The summed E-state index contributed by atoms with van der Waals surface area (Å²) >= 11 is 4.84. The lowest BCUT2D eigenvalue weighted by Crippen LogP contribution is -1.92. The topological polar surface area (TPSA) is 88.6 Å². The number of aliphatic imine (C=N–C) groups is 1. The van der Waals surface area contributed by atoms with Gasteiger partial charge in [0.25, 0.3) is 0 Å². The van der Waals surface area contributed by atoms with E-state index in [1.165, 1.54) is 17.8 Å². The van der Waals surface area contributed by atoms with Crippen molar-refractivity contribution in [1.29, 1.82) is 0 Å². The van der Waals surface area contributed by atoms with Crippen molar-refractivity contribution >= 4 is 55.1 Å². The molecular formula is C21H14BrN3O3S. The fraction of sp³-hybridized carbons (Fsp3) is 0.0476. The highest BCUT2D eigenvalue weighted by Crippen LogP contribution is 2.34. The van der Waals surface area contributed by atoms with E-state index in [4.69, 9.17) is 4.98 Å². The fourth-order valence-electron chi connectivity index (χ4n) is 2.84. The van der Waals surface area contributed by atoms with Gasteiger partial charge in [-0.1, -0.05) is 22.0 Å². The molecule has 144 valence electrons. The summed E-state index contributed by atoms with van der Waals surface area (Å²) in [5, 5.41) is 22.0. The summed E-state index contributed by atoms with van der Waals surface area (Å²) in [6.07, 6.45) is 1.41. The van der Waals surface area contributed by atoms with Crippen LogP contribution in [0, 0.1) is 17.0 Å². The van der Waals surface area contributed by atoms with Gasteiger partial charge in [-0.25, -0.2) is 4.98 Å². The van der Waals surface area contributed by atoms with Crippen LogP contribution in [0.1, 0.15) is 11.1 Å². The summed E-state index contributed by atoms with van der Waals surface area (Å²) in [6.45, 7) is 2.04. The second-order valence-electron chi connectivity index (χ2n) is 6.42. The predicted octanol–water partition coefficient (Wildman–Crippen LogP) is 6.40. The Morgan fingerprint density at radius 1 is 1.17 bits per heavy atom. The van der Waals surface area contributed by atoms with Crippen molar-refractivity contribution in [2.75, 3.05) is 0 Å². The largest absolute Gasteiger partial charge is 0.502 e. The number of phenolic OH excluding ortho intramolecular Hbond substituents is 1. The lowest BCUT2D eigenvalue weighted by atomic mass is 10.2. The molecular weight excluding hydrogens is 454 g/mol. The van der Waals surface area contributed by atoms with E-state index in [-0.39, 0.29) is 11.3 Å². The van der Waals surface area contributed by atoms with Crippen LogP contribution in [0.5, 0.6) is 5.75 Å². The number of phenols is 1. The summed E-state index contributed by atoms with van der Waals surface area (Å²) in [5.41, 5.74) is 3.70. The van der Waals surface area contributed by atoms with Crippen molar-refractivity contribution in [1.82, 2.24) is 4.98 Å². The third kappa shape index (κ3) is 4.03. The molecule has 0 fully saturated rings. The third-order valence-corrected chi connectivity index (χ3v) is 5.83. The maximum atomic E-state index is 11.0. The van der Waals surface area contributed by atoms with Crippen molar-refractivity contribution in [3.8, 4) is 16.3 Å². The highest BCUT2D eigenvalue weighted by molar-refractivity contribution is 9.10. The summed E-state index contributed by atoms with van der Waals surface area (Å²) < 4.78 is 1.63. The number of nitro groups is 1. The van der Waals surface area contributed by atoms with E-state index in [9.17, 15) is 15.2 Å². The Morgan fingerprint density at radius 3 is 2.66 bits per heavy atom. The van der Waals surface area contributed by atoms with Crippen LogP contribution in [-0.4, -0.2) is 21.2 Å². The van der Waals surface area contributed by atoms with Crippen LogP contribution in [-0.2, 0) is 0 Å². The summed E-state index contributed by atoms with van der Waals surface area (Å²) in [5.74, 6) is -0.414. The van der Waals surface area contributed by atoms with Gasteiger partial charge in [-0.05, 0) is 55.0 Å². The first-order chi connectivity index (χ1) is 13.9. The van der Waals surface area contributed by atoms with E-state index in [1.54, 1.807) is 17.4 Å². The maximum absolute atomic E-state index is 11.0. The van der Waals surface area contributed by atoms with E-state index in [0.717, 1.165) is 20.8 Å². The van der Waals surface area contributed by atoms with E-state index < -0.39 is 10.7 Å². The van der Waals surface area contributed by atoms with Gasteiger partial charge in [0.05, 0.1) is 20.8 Å². The zero-order chi connectivity index (χ0) is 20.5. The molecule has 0 unspecified atom stereocenters. The van der Waals surface area contributed by atoms with E-state index in [1.807, 2.05) is 31.2 Å². The minimum absolute atomic E-state index is 0.261. The maximum Gasteiger partial charge on any atom is 0.312 e. The molecule has 1 heterocycles. The van der Waals surface area contributed by atoms with Crippen LogP contribution in [0.15, 0.2) is 64.1 Å². The van der Waals surface area contributed by atoms with Crippen LogP contribution in [0.25, 0.3) is 20.8 Å². The van der Waals surface area contributed by atoms with E-state index in [2.05, 4.69) is 39.1 Å². The second kappa shape index (κ2) is 7.73. The van der Waals surface area contributed by atoms with Gasteiger partial charge in [-0.15, -0.1) is 11.3 Å². The quantitative estimate of drug-likeness (QED) is 0.213. The molecule has 0 aliphatic carbocycles. The number of benzene rings is 3. The molecule has 1 aromatic heterocycles. The molecule has 6 nitrogen and oxygen atoms in total. The molecule has 4 aromatic rings. The number of hydrogen-bond acceptors (Lipinski definition) is 6. The Kier molecular flexibility index (Phi) is 5.12. The van der Waals surface area contributed by atoms with Gasteiger partial charge in [-0.2, -0.15) is 0 Å². The monoisotopic (exact) mass is 467 g/mol. The molecule has 0 radical (unpaired) electrons. The van der Waals surface area contributed by atoms with Crippen LogP contribution in [0.3, 0.4) is 0 Å². The van der Waals surface area contributed by atoms with Gasteiger partial charge in [0, 0.05) is 27.9 Å². The van der Waals surface area contributed by atoms with Crippen LogP contribution >= 0.6 is 27.3 Å². The molecule has 4 rings (SSSR count). The Morgan fingerprint density at radius 2 is 1.93 bits per heavy atom. The molecule has 0 aliphatic rings. The average Bonchev–Trinajstić information content (AvgIpc) is 3.11. The summed E-state index contributed by atoms with van der Waals surface area (Å²) in [7, 11) is 0. The molecule has 3 aromatic carbocycles. The van der Waals surface area contributed by atoms with Gasteiger partial charge in [-0.3, -0.25) is 15.1 Å². The number of rotatable bonds is 4. The molecule has 0 aliphatic heterocycles. The zero-order valence-electron chi connectivity index (χ0n) is 15.2. The number of halogens is 1. The van der Waals surface area contributed by atoms with Gasteiger partial charge in [0.15, 0.2) is 0 Å². The molecule has 1 N–H and O–H groups in total. The Balaban J connectivity index is 1.60. The number of nitrogens with zero attached hydrogens (tertiary/aromatic N) is 3. The first-order valence-corrected chi connectivity index (χ1v) is 10.2. The Bertz CT molecular complexity index is 1270. The van der Waals surface area contributed by atoms with Gasteiger partial charge in [0.2, 0.25) is 5.75 Å². The highest BCUT2D eigenvalue weighted by atomic mass is 79.9. The minimum Gasteiger partial charge on any atom is -0.502 e. The number of aromatic nitrogens is 1. The van der Waals surface area contributed by atoms with Gasteiger partial charge >= 0.3 is 5.69 Å². The van der Waals surface area contributed by atoms with E-state index in [0.29, 0.717) is 10.2 Å². The van der Waals surface area contributed by atoms with Crippen LogP contribution in [0.2, 0.25) is 0 Å². The van der Waals surface area contributed by atoms with Crippen molar-refractivity contribution in [3.05, 3.63) is 80.3 Å². The third-order valence-electron chi connectivity index (χ3n) is 4.29. The average molecular weight is 468 g/mol. The number of aryl methyl sites for hydroxylation is 1. The van der Waals surface area contributed by atoms with Crippen molar-refractivity contribution < 1.29 is 10.0 Å². The SMILES string of the molecule is Cc1ccc2sc(-c3ccc(N=Cc4cc(Br)cc([N+](=O)[O-])c4O)cc3)nc2c1. The first kappa shape index (κ1) is 19.2. The lowest BCUT2D eigenvalue weighted by Gasteiger charge is -2.02. The predicted molar refractivity (Wildman–Crippen MR) is 120 cm³/mol. The van der Waals surface area contributed by atoms with Crippen LogP contribution < -0.4 is 0 Å². The zero-order valence-corrected chi connectivity index (χ0v) is 17.6. The second-order valence-corrected chi connectivity index (χ2v) is 8.36. The minimum atomic E-state index is -0.633. The molecule has 0 saturated carbocycles. The number of hydrogen-bond donors (Lipinski definition) is 1. The molecule has 29 heavy (non-hydrogen) atoms. The molecule has 8 heteroatoms. The molecule has 0 saturated heterocycles. The molecule has 0 amide bonds. The smallest absolute Gasteiger partial charge is 0.312 e. The van der Waals surface area contributed by atoms with Gasteiger partial charge in [0.1, 0.15) is 5.01 Å². The summed E-state index contributed by atoms with van der Waals surface area (Å²) in [4.78, 5) is 19.4. The molecule has 0 bridgehead atoms. The molecule has 0 spiro atoms. The standard InChI is InChI=1S/C21H14BrN3O3S/c1-12-2-7-19-17(8-12)24-21(29-19)13-3-5-16(6-4-13)23-11-14-9-15(22)10-18(20(14)26)25(27)28/h2-11,26H,1H3. The number of aromatic hydroxyl groups is 1. The van der Waals surface area contributed by atoms with Gasteiger partial charge < -0.3 is 5.11 Å².